The van der Waals surface area contributed by atoms with Crippen LogP contribution in [0.15, 0.2) is 36.4 Å². The van der Waals surface area contributed by atoms with Crippen molar-refractivity contribution in [2.24, 2.45) is 0 Å². The van der Waals surface area contributed by atoms with Crippen molar-refractivity contribution in [3.63, 3.8) is 0 Å². The molecule has 0 spiro atoms. The number of hydrogen-bond acceptors (Lipinski definition) is 1. The lowest BCUT2D eigenvalue weighted by Crippen LogP contribution is -1.95. The molecule has 74 valence electrons. The second-order valence-corrected chi connectivity index (χ2v) is 3.11. The van der Waals surface area contributed by atoms with Gasteiger partial charge in [0.1, 0.15) is 0 Å². The van der Waals surface area contributed by atoms with Crippen molar-refractivity contribution < 1.29 is 9.90 Å². The lowest BCUT2D eigenvalue weighted by Gasteiger charge is -1.99. The predicted octanol–water partition coefficient (Wildman–Crippen LogP) is 2.89. The average Bonchev–Trinajstić information content (AvgIpc) is 2.19. The summed E-state index contributed by atoms with van der Waals surface area (Å²) in [5, 5.41) is 8.68. The molecule has 0 unspecified atom stereocenters. The topological polar surface area (TPSA) is 37.3 Å². The first-order valence-electron chi connectivity index (χ1n) is 4.67. The standard InChI is InChI=1S/C12H14O2/c1-2-3-4-5-10-6-8-11(9-7-10)12(13)14/h2-3,6-9H,4-5H2,1H3,(H,13,14)/b3-2+. The van der Waals surface area contributed by atoms with Crippen LogP contribution in [0.5, 0.6) is 0 Å². The third-order valence-corrected chi connectivity index (χ3v) is 2.04. The van der Waals surface area contributed by atoms with Gasteiger partial charge in [-0.2, -0.15) is 0 Å². The van der Waals surface area contributed by atoms with Crippen LogP contribution < -0.4 is 0 Å². The monoisotopic (exact) mass is 190 g/mol. The highest BCUT2D eigenvalue weighted by atomic mass is 16.4. The number of hydrogen-bond donors (Lipinski definition) is 1. The van der Waals surface area contributed by atoms with Crippen LogP contribution in [-0.2, 0) is 6.42 Å². The molecule has 0 radical (unpaired) electrons. The molecule has 1 N–H and O–H groups in total. The molecule has 1 rings (SSSR count). The molecule has 0 aliphatic rings. The summed E-state index contributed by atoms with van der Waals surface area (Å²) in [6, 6.07) is 7.03. The second kappa shape index (κ2) is 5.22. The lowest BCUT2D eigenvalue weighted by molar-refractivity contribution is 0.0697. The number of carbonyl (C=O) groups is 1. The summed E-state index contributed by atoms with van der Waals surface area (Å²) in [4.78, 5) is 10.6. The smallest absolute Gasteiger partial charge is 0.335 e. The first-order chi connectivity index (χ1) is 6.74. The molecule has 2 heteroatoms. The van der Waals surface area contributed by atoms with E-state index in [1.54, 1.807) is 12.1 Å². The zero-order chi connectivity index (χ0) is 10.4. The van der Waals surface area contributed by atoms with Gasteiger partial charge in [0.15, 0.2) is 0 Å². The molecule has 0 fully saturated rings. The normalized spacial score (nSPS) is 10.6. The van der Waals surface area contributed by atoms with Crippen LogP contribution >= 0.6 is 0 Å². The van der Waals surface area contributed by atoms with Gasteiger partial charge in [0, 0.05) is 0 Å². The van der Waals surface area contributed by atoms with Crippen molar-refractivity contribution in [2.75, 3.05) is 0 Å². The largest absolute Gasteiger partial charge is 0.478 e. The molecule has 0 saturated carbocycles. The van der Waals surface area contributed by atoms with E-state index in [2.05, 4.69) is 6.08 Å². The average molecular weight is 190 g/mol. The van der Waals surface area contributed by atoms with Crippen LogP contribution in [0.25, 0.3) is 0 Å². The minimum absolute atomic E-state index is 0.347. The highest BCUT2D eigenvalue weighted by Crippen LogP contribution is 2.07. The van der Waals surface area contributed by atoms with Crippen molar-refractivity contribution in [2.45, 2.75) is 19.8 Å². The molecule has 1 aromatic carbocycles. The number of benzene rings is 1. The van der Waals surface area contributed by atoms with E-state index >= 15 is 0 Å². The summed E-state index contributed by atoms with van der Waals surface area (Å²) in [5.74, 6) is -0.870. The maximum atomic E-state index is 10.6. The number of carboxylic acid groups (broad SMARTS) is 1. The van der Waals surface area contributed by atoms with Gasteiger partial charge in [-0.1, -0.05) is 24.3 Å². The fourth-order valence-corrected chi connectivity index (χ4v) is 1.23. The molecular formula is C12H14O2. The highest BCUT2D eigenvalue weighted by Gasteiger charge is 2.00. The molecule has 0 aliphatic heterocycles. The van der Waals surface area contributed by atoms with Crippen LogP contribution in [0.3, 0.4) is 0 Å². The number of aromatic carboxylic acids is 1. The summed E-state index contributed by atoms with van der Waals surface area (Å²) in [6.45, 7) is 1.99. The van der Waals surface area contributed by atoms with Crippen LogP contribution in [-0.4, -0.2) is 11.1 Å². The van der Waals surface area contributed by atoms with E-state index in [0.29, 0.717) is 5.56 Å². The Kier molecular flexibility index (Phi) is 3.92. The van der Waals surface area contributed by atoms with E-state index in [4.69, 9.17) is 5.11 Å². The van der Waals surface area contributed by atoms with Crippen LogP contribution in [0.2, 0.25) is 0 Å². The molecule has 0 atom stereocenters. The molecule has 0 aromatic heterocycles. The number of rotatable bonds is 4. The zero-order valence-corrected chi connectivity index (χ0v) is 8.23. The number of carboxylic acids is 1. The first kappa shape index (κ1) is 10.5. The third-order valence-electron chi connectivity index (χ3n) is 2.04. The van der Waals surface area contributed by atoms with Gasteiger partial charge < -0.3 is 5.11 Å². The van der Waals surface area contributed by atoms with Crippen molar-refractivity contribution in [1.82, 2.24) is 0 Å². The van der Waals surface area contributed by atoms with Gasteiger partial charge in [-0.3, -0.25) is 0 Å². The maximum Gasteiger partial charge on any atom is 0.335 e. The summed E-state index contributed by atoms with van der Waals surface area (Å²) in [7, 11) is 0. The first-order valence-corrected chi connectivity index (χ1v) is 4.67. The van der Waals surface area contributed by atoms with Crippen molar-refractivity contribution in [3.8, 4) is 0 Å². The lowest BCUT2D eigenvalue weighted by atomic mass is 10.1. The number of aryl methyl sites for hydroxylation is 1. The Morgan fingerprint density at radius 1 is 1.36 bits per heavy atom. The molecule has 1 aromatic rings. The molecule has 0 saturated heterocycles. The highest BCUT2D eigenvalue weighted by molar-refractivity contribution is 5.87. The molecule has 14 heavy (non-hydrogen) atoms. The molecule has 0 amide bonds. The summed E-state index contributed by atoms with van der Waals surface area (Å²) in [6.07, 6.45) is 6.09. The van der Waals surface area contributed by atoms with Gasteiger partial charge in [0.2, 0.25) is 0 Å². The van der Waals surface area contributed by atoms with Crippen molar-refractivity contribution in [1.29, 1.82) is 0 Å². The Morgan fingerprint density at radius 2 is 2.00 bits per heavy atom. The zero-order valence-electron chi connectivity index (χ0n) is 8.23. The third kappa shape index (κ3) is 3.05. The van der Waals surface area contributed by atoms with Gasteiger partial charge >= 0.3 is 5.97 Å². The van der Waals surface area contributed by atoms with E-state index in [9.17, 15) is 4.79 Å². The Labute approximate surface area is 83.9 Å². The summed E-state index contributed by atoms with van der Waals surface area (Å²) in [5.41, 5.74) is 1.52. The van der Waals surface area contributed by atoms with E-state index in [1.165, 1.54) is 5.56 Å². The molecule has 2 nitrogen and oxygen atoms in total. The number of allylic oxidation sites excluding steroid dienone is 2. The molecule has 0 heterocycles. The Bertz CT molecular complexity index is 323. The predicted molar refractivity (Wildman–Crippen MR) is 56.5 cm³/mol. The minimum atomic E-state index is -0.870. The SMILES string of the molecule is C/C=C/CCc1ccc(C(=O)O)cc1. The van der Waals surface area contributed by atoms with Crippen LogP contribution in [0, 0.1) is 0 Å². The second-order valence-electron chi connectivity index (χ2n) is 3.11. The maximum absolute atomic E-state index is 10.6. The summed E-state index contributed by atoms with van der Waals surface area (Å²) < 4.78 is 0. The van der Waals surface area contributed by atoms with E-state index in [0.717, 1.165) is 12.8 Å². The van der Waals surface area contributed by atoms with Crippen LogP contribution in [0.4, 0.5) is 0 Å². The minimum Gasteiger partial charge on any atom is -0.478 e. The Balaban J connectivity index is 2.59. The van der Waals surface area contributed by atoms with E-state index < -0.39 is 5.97 Å². The molecule has 0 bridgehead atoms. The van der Waals surface area contributed by atoms with Gasteiger partial charge in [-0.15, -0.1) is 0 Å². The quantitative estimate of drug-likeness (QED) is 0.741. The van der Waals surface area contributed by atoms with Gasteiger partial charge in [0.25, 0.3) is 0 Å². The molecule has 0 aliphatic carbocycles. The van der Waals surface area contributed by atoms with Crippen LogP contribution in [0.1, 0.15) is 29.3 Å². The van der Waals surface area contributed by atoms with Gasteiger partial charge in [0.05, 0.1) is 5.56 Å². The van der Waals surface area contributed by atoms with Crippen molar-refractivity contribution >= 4 is 5.97 Å². The fraction of sp³-hybridized carbons (Fsp3) is 0.250. The fourth-order valence-electron chi connectivity index (χ4n) is 1.23. The molecular weight excluding hydrogens is 176 g/mol. The Morgan fingerprint density at radius 3 is 2.50 bits per heavy atom. The summed E-state index contributed by atoms with van der Waals surface area (Å²) >= 11 is 0. The van der Waals surface area contributed by atoms with E-state index in [1.807, 2.05) is 25.1 Å². The Hall–Kier alpha value is -1.57. The van der Waals surface area contributed by atoms with Crippen molar-refractivity contribution in [3.05, 3.63) is 47.5 Å². The van der Waals surface area contributed by atoms with Gasteiger partial charge in [-0.05, 0) is 37.5 Å². The van der Waals surface area contributed by atoms with E-state index in [-0.39, 0.29) is 0 Å². The van der Waals surface area contributed by atoms with Gasteiger partial charge in [-0.25, -0.2) is 4.79 Å².